The highest BCUT2D eigenvalue weighted by molar-refractivity contribution is 5.68. The standard InChI is InChI=1S/C8H6N2O3/c1-5-2-3-12-7(5)8-9-6(4-11)13-10-8/h2-4H,1H3. The highest BCUT2D eigenvalue weighted by Gasteiger charge is 2.12. The Hall–Kier alpha value is -1.91. The predicted molar refractivity (Wildman–Crippen MR) is 42.1 cm³/mol. The van der Waals surface area contributed by atoms with Gasteiger partial charge in [0.15, 0.2) is 5.76 Å². The highest BCUT2D eigenvalue weighted by atomic mass is 16.5. The Morgan fingerprint density at radius 3 is 2.92 bits per heavy atom. The minimum atomic E-state index is -0.0502. The number of rotatable bonds is 2. The average Bonchev–Trinajstić information content (AvgIpc) is 2.71. The average molecular weight is 178 g/mol. The molecule has 2 aromatic heterocycles. The van der Waals surface area contributed by atoms with Crippen LogP contribution in [0.1, 0.15) is 16.2 Å². The van der Waals surface area contributed by atoms with Gasteiger partial charge in [-0.05, 0) is 18.6 Å². The zero-order valence-electron chi connectivity index (χ0n) is 6.85. The summed E-state index contributed by atoms with van der Waals surface area (Å²) in [7, 11) is 0. The van der Waals surface area contributed by atoms with Crippen LogP contribution in [0.4, 0.5) is 0 Å². The van der Waals surface area contributed by atoms with E-state index in [4.69, 9.17) is 4.42 Å². The monoisotopic (exact) mass is 178 g/mol. The summed E-state index contributed by atoms with van der Waals surface area (Å²) in [5.41, 5.74) is 0.901. The summed E-state index contributed by atoms with van der Waals surface area (Å²) in [6, 6.07) is 1.78. The summed E-state index contributed by atoms with van der Waals surface area (Å²) < 4.78 is 9.71. The van der Waals surface area contributed by atoms with Crippen LogP contribution in [0.2, 0.25) is 0 Å². The van der Waals surface area contributed by atoms with E-state index in [0.29, 0.717) is 17.9 Å². The van der Waals surface area contributed by atoms with Gasteiger partial charge in [-0.1, -0.05) is 5.16 Å². The largest absolute Gasteiger partial charge is 0.461 e. The van der Waals surface area contributed by atoms with E-state index < -0.39 is 0 Å². The minimum absolute atomic E-state index is 0.0502. The van der Waals surface area contributed by atoms with Crippen LogP contribution in [0.3, 0.4) is 0 Å². The third-order valence-electron chi connectivity index (χ3n) is 1.61. The molecule has 5 nitrogen and oxygen atoms in total. The molecule has 0 saturated carbocycles. The van der Waals surface area contributed by atoms with E-state index in [1.54, 1.807) is 6.07 Å². The van der Waals surface area contributed by atoms with Gasteiger partial charge in [0.1, 0.15) is 0 Å². The predicted octanol–water partition coefficient (Wildman–Crippen LogP) is 1.45. The molecule has 0 amide bonds. The summed E-state index contributed by atoms with van der Waals surface area (Å²) >= 11 is 0. The Morgan fingerprint density at radius 2 is 2.38 bits per heavy atom. The van der Waals surface area contributed by atoms with Crippen LogP contribution in [-0.2, 0) is 0 Å². The van der Waals surface area contributed by atoms with Gasteiger partial charge in [0.2, 0.25) is 12.1 Å². The van der Waals surface area contributed by atoms with Crippen molar-refractivity contribution in [3.63, 3.8) is 0 Å². The normalized spacial score (nSPS) is 10.2. The molecule has 0 fully saturated rings. The minimum Gasteiger partial charge on any atom is -0.461 e. The number of aromatic nitrogens is 2. The smallest absolute Gasteiger partial charge is 0.291 e. The Balaban J connectivity index is 2.46. The van der Waals surface area contributed by atoms with Crippen molar-refractivity contribution in [2.24, 2.45) is 0 Å². The van der Waals surface area contributed by atoms with Gasteiger partial charge in [-0.15, -0.1) is 0 Å². The lowest BCUT2D eigenvalue weighted by Crippen LogP contribution is -1.81. The maximum atomic E-state index is 10.2. The molecule has 66 valence electrons. The first kappa shape index (κ1) is 7.72. The molecule has 0 aliphatic heterocycles. The SMILES string of the molecule is Cc1ccoc1-c1noc(C=O)n1. The van der Waals surface area contributed by atoms with Crippen molar-refractivity contribution in [2.75, 3.05) is 0 Å². The fraction of sp³-hybridized carbons (Fsp3) is 0.125. The van der Waals surface area contributed by atoms with E-state index in [2.05, 4.69) is 14.7 Å². The third kappa shape index (κ3) is 1.24. The van der Waals surface area contributed by atoms with Crippen LogP contribution in [0, 0.1) is 6.92 Å². The molecule has 0 radical (unpaired) electrons. The lowest BCUT2D eigenvalue weighted by atomic mass is 10.3. The van der Waals surface area contributed by atoms with E-state index in [9.17, 15) is 4.79 Å². The fourth-order valence-electron chi connectivity index (χ4n) is 0.977. The second-order valence-corrected chi connectivity index (χ2v) is 2.51. The second kappa shape index (κ2) is 2.85. The van der Waals surface area contributed by atoms with Gasteiger partial charge in [-0.25, -0.2) is 0 Å². The van der Waals surface area contributed by atoms with Crippen LogP contribution >= 0.6 is 0 Å². The molecular formula is C8H6N2O3. The van der Waals surface area contributed by atoms with Gasteiger partial charge >= 0.3 is 0 Å². The van der Waals surface area contributed by atoms with Crippen molar-refractivity contribution >= 4 is 6.29 Å². The lowest BCUT2D eigenvalue weighted by Gasteiger charge is -1.86. The van der Waals surface area contributed by atoms with Crippen molar-refractivity contribution in [3.05, 3.63) is 23.8 Å². The molecule has 0 aromatic carbocycles. The first-order chi connectivity index (χ1) is 6.31. The molecule has 0 atom stereocenters. The van der Waals surface area contributed by atoms with Crippen molar-refractivity contribution in [2.45, 2.75) is 6.92 Å². The van der Waals surface area contributed by atoms with Gasteiger partial charge < -0.3 is 8.94 Å². The van der Waals surface area contributed by atoms with E-state index in [1.807, 2.05) is 6.92 Å². The molecule has 2 aromatic rings. The third-order valence-corrected chi connectivity index (χ3v) is 1.61. The van der Waals surface area contributed by atoms with Gasteiger partial charge in [0, 0.05) is 0 Å². The summed E-state index contributed by atoms with van der Waals surface area (Å²) in [6.07, 6.45) is 2.02. The number of nitrogens with zero attached hydrogens (tertiary/aromatic N) is 2. The van der Waals surface area contributed by atoms with E-state index in [-0.39, 0.29) is 5.89 Å². The second-order valence-electron chi connectivity index (χ2n) is 2.51. The van der Waals surface area contributed by atoms with Crippen molar-refractivity contribution in [1.29, 1.82) is 0 Å². The quantitative estimate of drug-likeness (QED) is 0.651. The molecule has 0 aliphatic carbocycles. The zero-order chi connectivity index (χ0) is 9.26. The number of furan rings is 1. The first-order valence-corrected chi connectivity index (χ1v) is 3.64. The van der Waals surface area contributed by atoms with Crippen LogP contribution in [0.15, 0.2) is 21.3 Å². The highest BCUT2D eigenvalue weighted by Crippen LogP contribution is 2.20. The Morgan fingerprint density at radius 1 is 1.54 bits per heavy atom. The molecule has 0 spiro atoms. The lowest BCUT2D eigenvalue weighted by molar-refractivity contribution is 0.108. The van der Waals surface area contributed by atoms with E-state index in [0.717, 1.165) is 5.56 Å². The van der Waals surface area contributed by atoms with Gasteiger partial charge in [-0.2, -0.15) is 4.98 Å². The van der Waals surface area contributed by atoms with Gasteiger partial charge in [0.05, 0.1) is 6.26 Å². The molecule has 13 heavy (non-hydrogen) atoms. The fourth-order valence-corrected chi connectivity index (χ4v) is 0.977. The van der Waals surface area contributed by atoms with Crippen LogP contribution < -0.4 is 0 Å². The van der Waals surface area contributed by atoms with Gasteiger partial charge in [0.25, 0.3) is 5.89 Å². The number of aryl methyl sites for hydroxylation is 1. The summed E-state index contributed by atoms with van der Waals surface area (Å²) in [6.45, 7) is 1.86. The van der Waals surface area contributed by atoms with Crippen molar-refractivity contribution in [3.8, 4) is 11.6 Å². The molecule has 0 aliphatic rings. The number of hydrogen-bond donors (Lipinski definition) is 0. The first-order valence-electron chi connectivity index (χ1n) is 3.64. The summed E-state index contributed by atoms with van der Waals surface area (Å²) in [5.74, 6) is 0.771. The zero-order valence-corrected chi connectivity index (χ0v) is 6.85. The maximum Gasteiger partial charge on any atom is 0.291 e. The topological polar surface area (TPSA) is 69.1 Å². The molecular weight excluding hydrogens is 172 g/mol. The van der Waals surface area contributed by atoms with Crippen LogP contribution in [0.5, 0.6) is 0 Å². The Bertz CT molecular complexity index is 430. The number of carbonyl (C=O) groups is 1. The number of hydrogen-bond acceptors (Lipinski definition) is 5. The molecule has 0 unspecified atom stereocenters. The molecule has 0 saturated heterocycles. The molecule has 2 heterocycles. The molecule has 2 rings (SSSR count). The van der Waals surface area contributed by atoms with Crippen molar-refractivity contribution < 1.29 is 13.7 Å². The van der Waals surface area contributed by atoms with E-state index >= 15 is 0 Å². The van der Waals surface area contributed by atoms with Crippen LogP contribution in [-0.4, -0.2) is 16.4 Å². The molecule has 5 heteroatoms. The Labute approximate surface area is 73.4 Å². The van der Waals surface area contributed by atoms with Crippen molar-refractivity contribution in [1.82, 2.24) is 10.1 Å². The van der Waals surface area contributed by atoms with Crippen LogP contribution in [0.25, 0.3) is 11.6 Å². The Kier molecular flexibility index (Phi) is 1.70. The van der Waals surface area contributed by atoms with Gasteiger partial charge in [-0.3, -0.25) is 4.79 Å². The number of aldehydes is 1. The molecule has 0 N–H and O–H groups in total. The summed E-state index contributed by atoms with van der Waals surface area (Å²) in [5, 5.41) is 3.58. The van der Waals surface area contributed by atoms with E-state index in [1.165, 1.54) is 6.26 Å². The maximum absolute atomic E-state index is 10.2. The number of carbonyl (C=O) groups excluding carboxylic acids is 1. The molecule has 0 bridgehead atoms. The summed E-state index contributed by atoms with van der Waals surface area (Å²) in [4.78, 5) is 14.0.